The van der Waals surface area contributed by atoms with Crippen LogP contribution < -0.4 is 19.7 Å². The fraction of sp³-hybridized carbons (Fsp3) is 0.314. The van der Waals surface area contributed by atoms with Gasteiger partial charge in [-0.3, -0.25) is 14.2 Å². The summed E-state index contributed by atoms with van der Waals surface area (Å²) in [6.45, 7) is 11.7. The highest BCUT2D eigenvalue weighted by Crippen LogP contribution is 2.37. The number of nitrogens with zero attached hydrogens (tertiary/aromatic N) is 2. The number of rotatable bonds is 6. The average molecular weight is 623 g/mol. The number of hydrogen-bond acceptors (Lipinski definition) is 5. The lowest BCUT2D eigenvalue weighted by molar-refractivity contribution is -0.137. The highest BCUT2D eigenvalue weighted by atomic mass is 32.1. The summed E-state index contributed by atoms with van der Waals surface area (Å²) < 4.78 is 42.5. The smallest absolute Gasteiger partial charge is 0.416 e. The first-order chi connectivity index (χ1) is 20.4. The molecule has 0 spiro atoms. The van der Waals surface area contributed by atoms with Crippen molar-refractivity contribution in [3.63, 3.8) is 0 Å². The second kappa shape index (κ2) is 12.1. The molecule has 232 valence electrons. The molecule has 0 unspecified atom stereocenters. The minimum absolute atomic E-state index is 0.0965. The number of thiazole rings is 1. The van der Waals surface area contributed by atoms with Crippen molar-refractivity contribution >= 4 is 35.0 Å². The lowest BCUT2D eigenvalue weighted by Gasteiger charge is -2.24. The van der Waals surface area contributed by atoms with E-state index in [0.29, 0.717) is 27.0 Å². The molecule has 44 heavy (non-hydrogen) atoms. The number of anilines is 1. The summed E-state index contributed by atoms with van der Waals surface area (Å²) in [5.41, 5.74) is 3.64. The van der Waals surface area contributed by atoms with Crippen molar-refractivity contribution in [3.8, 4) is 5.75 Å². The number of halogens is 3. The van der Waals surface area contributed by atoms with E-state index in [1.165, 1.54) is 16.7 Å². The molecule has 1 aromatic heterocycles. The molecule has 0 aliphatic rings. The fourth-order valence-corrected chi connectivity index (χ4v) is 6.22. The molecule has 0 aliphatic heterocycles. The summed E-state index contributed by atoms with van der Waals surface area (Å²) in [4.78, 5) is 29.0. The van der Waals surface area contributed by atoms with Crippen LogP contribution in [0, 0.1) is 20.8 Å². The molecule has 0 aliphatic carbocycles. The molecule has 1 N–H and O–H groups in total. The first kappa shape index (κ1) is 32.8. The largest absolute Gasteiger partial charge is 0.507 e. The molecule has 1 heterocycles. The van der Waals surface area contributed by atoms with Gasteiger partial charge in [0.25, 0.3) is 5.56 Å². The van der Waals surface area contributed by atoms with Crippen LogP contribution in [0.15, 0.2) is 53.3 Å². The van der Waals surface area contributed by atoms with Crippen LogP contribution in [0.25, 0.3) is 12.2 Å². The number of aromatic nitrogens is 1. The Kier molecular flexibility index (Phi) is 9.03. The van der Waals surface area contributed by atoms with Gasteiger partial charge in [0.1, 0.15) is 10.4 Å². The first-order valence-electron chi connectivity index (χ1n) is 14.1. The molecule has 3 aromatic carbocycles. The van der Waals surface area contributed by atoms with Crippen LogP contribution >= 0.6 is 11.3 Å². The number of aromatic hydroxyl groups is 1. The SMILES string of the molecule is Cc1ccccc1C(=O)/C=c1/s/c(=C/c2ccc(C(F)(F)F)cc2N(C)C)c(=O)n1Cc1c(C)cc(C(C)(C)C)c(O)c1C. The van der Waals surface area contributed by atoms with Gasteiger partial charge in [0.15, 0.2) is 5.78 Å². The molecule has 0 saturated carbocycles. The van der Waals surface area contributed by atoms with Crippen LogP contribution in [0.5, 0.6) is 5.75 Å². The van der Waals surface area contributed by atoms with E-state index < -0.39 is 11.7 Å². The molecule has 0 atom stereocenters. The highest BCUT2D eigenvalue weighted by molar-refractivity contribution is 7.07. The summed E-state index contributed by atoms with van der Waals surface area (Å²) in [5, 5.41) is 11.1. The summed E-state index contributed by atoms with van der Waals surface area (Å²) in [6.07, 6.45) is -1.52. The van der Waals surface area contributed by atoms with Crippen molar-refractivity contribution in [3.05, 3.63) is 113 Å². The Labute approximate surface area is 259 Å². The molecular weight excluding hydrogens is 585 g/mol. The van der Waals surface area contributed by atoms with E-state index in [9.17, 15) is 27.9 Å². The lowest BCUT2D eigenvalue weighted by Crippen LogP contribution is -2.32. The van der Waals surface area contributed by atoms with Crippen molar-refractivity contribution in [2.75, 3.05) is 19.0 Å². The third-order valence-corrected chi connectivity index (χ3v) is 8.81. The molecule has 0 amide bonds. The predicted octanol–water partition coefficient (Wildman–Crippen LogP) is 6.46. The van der Waals surface area contributed by atoms with Crippen LogP contribution in [0.4, 0.5) is 18.9 Å². The van der Waals surface area contributed by atoms with E-state index in [1.807, 2.05) is 59.7 Å². The zero-order chi connectivity index (χ0) is 32.7. The van der Waals surface area contributed by atoms with Crippen LogP contribution in [-0.4, -0.2) is 29.6 Å². The summed E-state index contributed by atoms with van der Waals surface area (Å²) in [5.74, 6) is -0.109. The van der Waals surface area contributed by atoms with Crippen molar-refractivity contribution in [2.45, 2.75) is 59.7 Å². The minimum atomic E-state index is -4.51. The van der Waals surface area contributed by atoms with Crippen LogP contribution in [-0.2, 0) is 18.1 Å². The average Bonchev–Trinajstić information content (AvgIpc) is 3.20. The Hall–Kier alpha value is -4.11. The Morgan fingerprint density at radius 1 is 1.00 bits per heavy atom. The second-order valence-corrected chi connectivity index (χ2v) is 13.3. The maximum Gasteiger partial charge on any atom is 0.416 e. The maximum absolute atomic E-state index is 14.0. The fourth-order valence-electron chi connectivity index (χ4n) is 5.19. The van der Waals surface area contributed by atoms with Gasteiger partial charge < -0.3 is 10.0 Å². The van der Waals surface area contributed by atoms with Gasteiger partial charge in [-0.25, -0.2) is 0 Å². The Morgan fingerprint density at radius 3 is 2.25 bits per heavy atom. The normalized spacial score (nSPS) is 13.1. The summed E-state index contributed by atoms with van der Waals surface area (Å²) in [6, 6.07) is 12.5. The quantitative estimate of drug-likeness (QED) is 0.251. The third kappa shape index (κ3) is 6.68. The first-order valence-corrected chi connectivity index (χ1v) is 15.0. The molecule has 9 heteroatoms. The Balaban J connectivity index is 1.98. The van der Waals surface area contributed by atoms with Gasteiger partial charge >= 0.3 is 6.18 Å². The monoisotopic (exact) mass is 622 g/mol. The number of carbonyl (C=O) groups excluding carboxylic acids is 1. The van der Waals surface area contributed by atoms with Crippen molar-refractivity contribution in [1.82, 2.24) is 4.57 Å². The van der Waals surface area contributed by atoms with Gasteiger partial charge in [0.05, 0.1) is 16.6 Å². The maximum atomic E-state index is 14.0. The van der Waals surface area contributed by atoms with Gasteiger partial charge in [-0.15, -0.1) is 11.3 Å². The minimum Gasteiger partial charge on any atom is -0.507 e. The summed E-state index contributed by atoms with van der Waals surface area (Å²) in [7, 11) is 3.28. The second-order valence-electron chi connectivity index (χ2n) is 12.3. The van der Waals surface area contributed by atoms with Crippen LogP contribution in [0.3, 0.4) is 0 Å². The van der Waals surface area contributed by atoms with Crippen molar-refractivity contribution < 1.29 is 23.1 Å². The van der Waals surface area contributed by atoms with E-state index in [0.717, 1.165) is 45.7 Å². The molecule has 4 rings (SSSR count). The van der Waals surface area contributed by atoms with Crippen molar-refractivity contribution in [2.24, 2.45) is 0 Å². The van der Waals surface area contributed by atoms with Gasteiger partial charge in [-0.1, -0.05) is 57.2 Å². The molecule has 5 nitrogen and oxygen atoms in total. The Morgan fingerprint density at radius 2 is 1.66 bits per heavy atom. The molecule has 0 saturated heterocycles. The van der Waals surface area contributed by atoms with Gasteiger partial charge in [-0.2, -0.15) is 13.2 Å². The van der Waals surface area contributed by atoms with Gasteiger partial charge in [0, 0.05) is 31.4 Å². The number of benzene rings is 3. The molecule has 0 fully saturated rings. The number of ketones is 1. The topological polar surface area (TPSA) is 62.5 Å². The van der Waals surface area contributed by atoms with Gasteiger partial charge in [0.2, 0.25) is 0 Å². The zero-order valence-electron chi connectivity index (χ0n) is 26.2. The molecular formula is C35H37F3N2O3S. The standard InChI is InChI=1S/C35H37F3N2O3S/c1-20-11-9-10-12-25(20)29(41)18-31-40(19-26-21(2)15-27(34(4,5)6)32(42)22(26)3)33(43)30(44-31)16-23-13-14-24(35(36,37)38)17-28(23)39(7)8/h9-18,42H,19H2,1-8H3/b30-16+,31-18+. The number of carbonyl (C=O) groups is 1. The molecule has 4 aromatic rings. The molecule has 0 radical (unpaired) electrons. The number of phenols is 1. The number of hydrogen-bond donors (Lipinski definition) is 1. The number of phenolic OH excluding ortho intramolecular Hbond substituents is 1. The summed E-state index contributed by atoms with van der Waals surface area (Å²) >= 11 is 1.10. The van der Waals surface area contributed by atoms with E-state index in [2.05, 4.69) is 0 Å². The van der Waals surface area contributed by atoms with Crippen molar-refractivity contribution in [1.29, 1.82) is 0 Å². The van der Waals surface area contributed by atoms with E-state index >= 15 is 0 Å². The number of aryl methyl sites for hydroxylation is 2. The van der Waals surface area contributed by atoms with E-state index in [1.54, 1.807) is 37.2 Å². The highest BCUT2D eigenvalue weighted by Gasteiger charge is 2.31. The number of Topliss-reactive ketones (excluding diaryl/α,β-unsaturated/α-hetero) is 1. The van der Waals surface area contributed by atoms with Crippen LogP contribution in [0.1, 0.15) is 70.1 Å². The third-order valence-electron chi connectivity index (χ3n) is 7.75. The van der Waals surface area contributed by atoms with E-state index in [4.69, 9.17) is 0 Å². The van der Waals surface area contributed by atoms with Crippen LogP contribution in [0.2, 0.25) is 0 Å². The lowest BCUT2D eigenvalue weighted by atomic mass is 9.82. The van der Waals surface area contributed by atoms with E-state index in [-0.39, 0.29) is 33.6 Å². The zero-order valence-corrected chi connectivity index (χ0v) is 27.0. The predicted molar refractivity (Wildman–Crippen MR) is 173 cm³/mol. The van der Waals surface area contributed by atoms with Gasteiger partial charge in [-0.05, 0) is 77.8 Å². The molecule has 0 bridgehead atoms. The number of alkyl halides is 3. The Bertz CT molecular complexity index is 1930.